The van der Waals surface area contributed by atoms with E-state index in [-0.39, 0.29) is 0 Å². The van der Waals surface area contributed by atoms with Crippen LogP contribution in [-0.4, -0.2) is 9.78 Å². The highest BCUT2D eigenvalue weighted by Crippen LogP contribution is 2.44. The summed E-state index contributed by atoms with van der Waals surface area (Å²) in [4.78, 5) is 3.62. The summed E-state index contributed by atoms with van der Waals surface area (Å²) in [5, 5.41) is 4.22. The van der Waals surface area contributed by atoms with Crippen LogP contribution in [0.1, 0.15) is 24.3 Å². The van der Waals surface area contributed by atoms with Crippen molar-refractivity contribution in [3.8, 4) is 11.3 Å². The zero-order valence-corrected chi connectivity index (χ0v) is 11.6. The standard InChI is InChI=1S/C14H12BrN3/c1-16-13-6-5-10(9-3-4-9)7-11(13)14-12(15)8-17-18(14)2/h5-9H,3-4H2,2H3. The van der Waals surface area contributed by atoms with Gasteiger partial charge in [0.05, 0.1) is 22.9 Å². The number of hydrogen-bond acceptors (Lipinski definition) is 1. The van der Waals surface area contributed by atoms with Gasteiger partial charge in [0.1, 0.15) is 0 Å². The van der Waals surface area contributed by atoms with Gasteiger partial charge in [-0.25, -0.2) is 4.85 Å². The lowest BCUT2D eigenvalue weighted by Crippen LogP contribution is -1.94. The largest absolute Gasteiger partial charge is 0.268 e. The van der Waals surface area contributed by atoms with E-state index in [0.29, 0.717) is 11.6 Å². The maximum atomic E-state index is 7.30. The van der Waals surface area contributed by atoms with Gasteiger partial charge in [-0.1, -0.05) is 18.2 Å². The van der Waals surface area contributed by atoms with E-state index in [4.69, 9.17) is 6.57 Å². The molecule has 3 nitrogen and oxygen atoms in total. The normalized spacial score (nSPS) is 14.5. The number of benzene rings is 1. The summed E-state index contributed by atoms with van der Waals surface area (Å²) in [6.45, 7) is 7.30. The fraction of sp³-hybridized carbons (Fsp3) is 0.286. The van der Waals surface area contributed by atoms with E-state index in [1.165, 1.54) is 18.4 Å². The van der Waals surface area contributed by atoms with Crippen LogP contribution in [-0.2, 0) is 7.05 Å². The Morgan fingerprint density at radius 2 is 2.22 bits per heavy atom. The van der Waals surface area contributed by atoms with Crippen molar-refractivity contribution >= 4 is 21.6 Å². The van der Waals surface area contributed by atoms with Crippen molar-refractivity contribution < 1.29 is 0 Å². The Kier molecular flexibility index (Phi) is 2.71. The molecule has 1 aromatic heterocycles. The molecule has 0 bridgehead atoms. The summed E-state index contributed by atoms with van der Waals surface area (Å²) >= 11 is 3.51. The van der Waals surface area contributed by atoms with Crippen LogP contribution < -0.4 is 0 Å². The first-order chi connectivity index (χ1) is 8.70. The first-order valence-corrected chi connectivity index (χ1v) is 6.69. The lowest BCUT2D eigenvalue weighted by atomic mass is 10.0. The summed E-state index contributed by atoms with van der Waals surface area (Å²) in [5.41, 5.74) is 3.97. The van der Waals surface area contributed by atoms with Crippen molar-refractivity contribution in [2.24, 2.45) is 7.05 Å². The molecule has 2 aromatic rings. The molecule has 0 saturated heterocycles. The maximum Gasteiger partial charge on any atom is 0.196 e. The van der Waals surface area contributed by atoms with Crippen LogP contribution in [0.2, 0.25) is 0 Å². The third-order valence-electron chi connectivity index (χ3n) is 3.34. The Bertz CT molecular complexity index is 628. The molecule has 0 amide bonds. The van der Waals surface area contributed by atoms with Crippen LogP contribution in [0.15, 0.2) is 28.9 Å². The van der Waals surface area contributed by atoms with Crippen LogP contribution in [0.5, 0.6) is 0 Å². The molecule has 1 aliphatic rings. The van der Waals surface area contributed by atoms with Gasteiger partial charge in [-0.15, -0.1) is 0 Å². The van der Waals surface area contributed by atoms with Crippen molar-refractivity contribution in [1.29, 1.82) is 0 Å². The monoisotopic (exact) mass is 301 g/mol. The molecule has 0 spiro atoms. The van der Waals surface area contributed by atoms with Crippen molar-refractivity contribution in [3.63, 3.8) is 0 Å². The average molecular weight is 302 g/mol. The van der Waals surface area contributed by atoms with E-state index in [9.17, 15) is 0 Å². The smallest absolute Gasteiger partial charge is 0.196 e. The van der Waals surface area contributed by atoms with E-state index >= 15 is 0 Å². The molecule has 1 aliphatic carbocycles. The van der Waals surface area contributed by atoms with Gasteiger partial charge < -0.3 is 0 Å². The quantitative estimate of drug-likeness (QED) is 0.759. The highest BCUT2D eigenvalue weighted by molar-refractivity contribution is 9.10. The third kappa shape index (κ3) is 1.85. The lowest BCUT2D eigenvalue weighted by molar-refractivity contribution is 0.776. The topological polar surface area (TPSA) is 22.2 Å². The summed E-state index contributed by atoms with van der Waals surface area (Å²) in [5.74, 6) is 0.690. The van der Waals surface area contributed by atoms with E-state index in [2.05, 4.69) is 38.0 Å². The zero-order chi connectivity index (χ0) is 12.7. The number of aromatic nitrogens is 2. The van der Waals surface area contributed by atoms with Crippen LogP contribution in [0.3, 0.4) is 0 Å². The Labute approximate surface area is 114 Å². The Balaban J connectivity index is 2.20. The molecule has 4 heteroatoms. The van der Waals surface area contributed by atoms with Crippen LogP contribution >= 0.6 is 15.9 Å². The Hall–Kier alpha value is -1.60. The van der Waals surface area contributed by atoms with Gasteiger partial charge in [0, 0.05) is 12.6 Å². The zero-order valence-electron chi connectivity index (χ0n) is 10.0. The van der Waals surface area contributed by atoms with Crippen molar-refractivity contribution in [2.45, 2.75) is 18.8 Å². The molecule has 0 atom stereocenters. The van der Waals surface area contributed by atoms with Crippen LogP contribution in [0.4, 0.5) is 5.69 Å². The van der Waals surface area contributed by atoms with Crippen molar-refractivity contribution in [2.75, 3.05) is 0 Å². The molecule has 0 unspecified atom stereocenters. The molecule has 1 heterocycles. The summed E-state index contributed by atoms with van der Waals surface area (Å²) < 4.78 is 2.74. The number of hydrogen-bond donors (Lipinski definition) is 0. The fourth-order valence-electron chi connectivity index (χ4n) is 2.23. The van der Waals surface area contributed by atoms with E-state index in [0.717, 1.165) is 15.7 Å². The molecular weight excluding hydrogens is 290 g/mol. The number of halogens is 1. The summed E-state index contributed by atoms with van der Waals surface area (Å²) in [6, 6.07) is 6.15. The van der Waals surface area contributed by atoms with Crippen LogP contribution in [0, 0.1) is 6.57 Å². The number of rotatable bonds is 2. The molecule has 1 aromatic carbocycles. The summed E-state index contributed by atoms with van der Waals surface area (Å²) in [6.07, 6.45) is 4.31. The minimum Gasteiger partial charge on any atom is -0.268 e. The molecule has 0 aliphatic heterocycles. The SMILES string of the molecule is [C-]#[N+]c1ccc(C2CC2)cc1-c1c(Br)cnn1C. The van der Waals surface area contributed by atoms with Crippen molar-refractivity contribution in [3.05, 3.63) is 45.8 Å². The van der Waals surface area contributed by atoms with Gasteiger partial charge in [0.15, 0.2) is 5.69 Å². The predicted molar refractivity (Wildman–Crippen MR) is 74.6 cm³/mol. The highest BCUT2D eigenvalue weighted by Gasteiger charge is 2.25. The predicted octanol–water partition coefficient (Wildman–Crippen LogP) is 4.28. The average Bonchev–Trinajstić information content (AvgIpc) is 3.16. The molecule has 90 valence electrons. The second-order valence-electron chi connectivity index (χ2n) is 4.63. The van der Waals surface area contributed by atoms with Gasteiger partial charge in [-0.05, 0) is 40.3 Å². The van der Waals surface area contributed by atoms with E-state index < -0.39 is 0 Å². The van der Waals surface area contributed by atoms with Crippen molar-refractivity contribution in [1.82, 2.24) is 9.78 Å². The fourth-order valence-corrected chi connectivity index (χ4v) is 2.79. The maximum absolute atomic E-state index is 7.30. The van der Waals surface area contributed by atoms with Gasteiger partial charge in [-0.2, -0.15) is 5.10 Å². The van der Waals surface area contributed by atoms with Gasteiger partial charge in [-0.3, -0.25) is 4.68 Å². The highest BCUT2D eigenvalue weighted by atomic mass is 79.9. The van der Waals surface area contributed by atoms with Gasteiger partial charge in [0.25, 0.3) is 0 Å². The first kappa shape index (κ1) is 11.5. The minimum atomic E-state index is 0.684. The molecule has 0 radical (unpaired) electrons. The second-order valence-corrected chi connectivity index (χ2v) is 5.48. The van der Waals surface area contributed by atoms with Crippen LogP contribution in [0.25, 0.3) is 16.1 Å². The van der Waals surface area contributed by atoms with E-state index in [1.807, 2.05) is 17.8 Å². The Morgan fingerprint density at radius 3 is 2.78 bits per heavy atom. The minimum absolute atomic E-state index is 0.684. The molecule has 0 N–H and O–H groups in total. The summed E-state index contributed by atoms with van der Waals surface area (Å²) in [7, 11) is 1.90. The lowest BCUT2D eigenvalue weighted by Gasteiger charge is -2.08. The molecule has 18 heavy (non-hydrogen) atoms. The Morgan fingerprint density at radius 1 is 1.44 bits per heavy atom. The van der Waals surface area contributed by atoms with E-state index in [1.54, 1.807) is 6.20 Å². The van der Waals surface area contributed by atoms with Gasteiger partial charge in [0.2, 0.25) is 0 Å². The molecular formula is C14H12BrN3. The first-order valence-electron chi connectivity index (χ1n) is 5.90. The second kappa shape index (κ2) is 4.25. The number of nitrogens with zero attached hydrogens (tertiary/aromatic N) is 3. The molecule has 1 fully saturated rings. The molecule has 3 rings (SSSR count). The van der Waals surface area contributed by atoms with Gasteiger partial charge >= 0.3 is 0 Å². The molecule has 1 saturated carbocycles. The number of aryl methyl sites for hydroxylation is 1. The third-order valence-corrected chi connectivity index (χ3v) is 3.92.